The van der Waals surface area contributed by atoms with Crippen LogP contribution < -0.4 is 17.0 Å². The van der Waals surface area contributed by atoms with Crippen molar-refractivity contribution in [1.82, 2.24) is 4.57 Å². The van der Waals surface area contributed by atoms with E-state index in [1.807, 2.05) is 0 Å². The van der Waals surface area contributed by atoms with Crippen LogP contribution in [0, 0.1) is 0 Å². The Bertz CT molecular complexity index is 355. The van der Waals surface area contributed by atoms with Gasteiger partial charge in [-0.3, -0.25) is 0 Å². The molecule has 1 radical (unpaired) electrons. The minimum Gasteiger partial charge on any atom is -1.00 e. The molecule has 1 heterocycles. The number of rotatable bonds is 15. The van der Waals surface area contributed by atoms with Gasteiger partial charge in [-0.1, -0.05) is 82.8 Å². The first-order valence-electron chi connectivity index (χ1n) is 9.65. The predicted molar refractivity (Wildman–Crippen MR) is 97.4 cm³/mol. The van der Waals surface area contributed by atoms with Crippen LogP contribution in [0.15, 0.2) is 18.7 Å². The summed E-state index contributed by atoms with van der Waals surface area (Å²) in [5.41, 5.74) is 0. The first-order valence-corrected chi connectivity index (χ1v) is 11.3. The van der Waals surface area contributed by atoms with Gasteiger partial charge in [0.15, 0.2) is 0 Å². The zero-order chi connectivity index (χ0) is 15.9. The van der Waals surface area contributed by atoms with Crippen LogP contribution in [-0.2, 0) is 13.6 Å². The number of hydrogen-bond acceptors (Lipinski definition) is 0. The molecule has 1 rings (SSSR count). The van der Waals surface area contributed by atoms with Crippen molar-refractivity contribution >= 4 is 15.2 Å². The number of unbranched alkanes of at least 4 members (excludes halogenated alkanes) is 10. The first-order chi connectivity index (χ1) is 10.8. The molecule has 0 aromatic carbocycles. The van der Waals surface area contributed by atoms with Crippen molar-refractivity contribution in [1.29, 1.82) is 0 Å². The highest BCUT2D eigenvalue weighted by Crippen LogP contribution is 2.12. The van der Waals surface area contributed by atoms with Crippen molar-refractivity contribution in [3.05, 3.63) is 18.7 Å². The smallest absolute Gasteiger partial charge is 0.243 e. The quantitative estimate of drug-likeness (QED) is 0.259. The molecule has 0 N–H and O–H groups in total. The molecular weight excluding hydrogens is 319 g/mol. The van der Waals surface area contributed by atoms with Crippen LogP contribution in [0.4, 0.5) is 0 Å². The highest BCUT2D eigenvalue weighted by atomic mass is 35.5. The molecule has 0 aliphatic rings. The van der Waals surface area contributed by atoms with Gasteiger partial charge in [0, 0.05) is 0 Å². The topological polar surface area (TPSA) is 8.81 Å². The molecule has 0 spiro atoms. The van der Waals surface area contributed by atoms with E-state index in [2.05, 4.69) is 41.8 Å². The molecule has 0 saturated carbocycles. The second kappa shape index (κ2) is 16.9. The Labute approximate surface area is 157 Å². The summed E-state index contributed by atoms with van der Waals surface area (Å²) in [6.45, 7) is 3.51. The Morgan fingerprint density at radius 3 is 1.91 bits per heavy atom. The average Bonchev–Trinajstić information content (AvgIpc) is 2.93. The highest BCUT2D eigenvalue weighted by Gasteiger charge is 2.00. The third-order valence-electron chi connectivity index (χ3n) is 4.43. The molecule has 2 nitrogen and oxygen atoms in total. The van der Waals surface area contributed by atoms with E-state index < -0.39 is 0 Å². The first kappa shape index (κ1) is 23.0. The minimum atomic E-state index is 0. The maximum absolute atomic E-state index is 2.31. The van der Waals surface area contributed by atoms with Crippen LogP contribution in [0.5, 0.6) is 0 Å². The van der Waals surface area contributed by atoms with Crippen LogP contribution >= 0.6 is 0 Å². The standard InChI is InChI=1S/C13H27.C6H10N2.Al.ClH/c1-3-5-7-9-11-13-12-10-8-6-4-2;1-3-8-5-4-7(2)6-8;;/h1,3-13H2,2H3;4-6H,1,3H2,2H3;;1H/q;+1;;/p-1. The van der Waals surface area contributed by atoms with E-state index in [1.54, 1.807) is 0 Å². The van der Waals surface area contributed by atoms with Gasteiger partial charge in [-0.15, -0.1) is 5.28 Å². The summed E-state index contributed by atoms with van der Waals surface area (Å²) in [6, 6.07) is 0. The van der Waals surface area contributed by atoms with Gasteiger partial charge in [-0.25, -0.2) is 9.13 Å². The third kappa shape index (κ3) is 14.1. The SMILES string of the molecule is CCCCCCCCCCCC[CH2][Al][CH2]Cn1cc[n+](C)c1.[Cl-]. The zero-order valence-electron chi connectivity index (χ0n) is 15.5. The lowest BCUT2D eigenvalue weighted by Crippen LogP contribution is -3.00. The van der Waals surface area contributed by atoms with E-state index in [4.69, 9.17) is 0 Å². The Morgan fingerprint density at radius 1 is 0.826 bits per heavy atom. The summed E-state index contributed by atoms with van der Waals surface area (Å²) in [4.78, 5) is 0. The Balaban J connectivity index is 0.00000484. The highest BCUT2D eigenvalue weighted by molar-refractivity contribution is 6.35. The van der Waals surface area contributed by atoms with Gasteiger partial charge in [0.2, 0.25) is 21.5 Å². The molecule has 1 aromatic heterocycles. The van der Waals surface area contributed by atoms with E-state index in [1.165, 1.54) is 87.7 Å². The Kier molecular flexibility index (Phi) is 16.9. The molecule has 0 saturated heterocycles. The molecule has 4 heteroatoms. The van der Waals surface area contributed by atoms with Gasteiger partial charge in [-0.2, -0.15) is 0 Å². The Morgan fingerprint density at radius 2 is 1.39 bits per heavy atom. The van der Waals surface area contributed by atoms with Gasteiger partial charge < -0.3 is 12.4 Å². The molecular formula is C19H37AlClN2. The van der Waals surface area contributed by atoms with E-state index in [0.717, 1.165) is 0 Å². The minimum absolute atomic E-state index is 0. The van der Waals surface area contributed by atoms with E-state index in [9.17, 15) is 0 Å². The monoisotopic (exact) mass is 355 g/mol. The molecule has 0 aliphatic heterocycles. The molecule has 23 heavy (non-hydrogen) atoms. The lowest BCUT2D eigenvalue weighted by Gasteiger charge is -2.02. The summed E-state index contributed by atoms with van der Waals surface area (Å²) >= 11 is 0.670. The summed E-state index contributed by atoms with van der Waals surface area (Å²) < 4.78 is 4.44. The molecule has 0 amide bonds. The van der Waals surface area contributed by atoms with E-state index in [-0.39, 0.29) is 12.4 Å². The van der Waals surface area contributed by atoms with Gasteiger partial charge >= 0.3 is 0 Å². The maximum atomic E-state index is 2.31. The van der Waals surface area contributed by atoms with Crippen molar-refractivity contribution in [2.24, 2.45) is 7.05 Å². The number of aromatic nitrogens is 2. The summed E-state index contributed by atoms with van der Waals surface area (Å²) in [5.74, 6) is 0. The number of imidazole rings is 1. The van der Waals surface area contributed by atoms with Crippen molar-refractivity contribution in [3.8, 4) is 0 Å². The zero-order valence-corrected chi connectivity index (χ0v) is 17.4. The lowest BCUT2D eigenvalue weighted by atomic mass is 10.1. The fourth-order valence-corrected chi connectivity index (χ4v) is 4.32. The summed E-state index contributed by atoms with van der Waals surface area (Å²) in [5, 5.41) is 2.91. The van der Waals surface area contributed by atoms with Crippen LogP contribution in [0.1, 0.15) is 77.6 Å². The van der Waals surface area contributed by atoms with Crippen molar-refractivity contribution in [3.63, 3.8) is 0 Å². The molecule has 1 aromatic rings. The number of halogens is 1. The second-order valence-corrected chi connectivity index (χ2v) is 8.45. The second-order valence-electron chi connectivity index (χ2n) is 6.72. The summed E-state index contributed by atoms with van der Waals surface area (Å²) in [6.07, 6.45) is 22.5. The van der Waals surface area contributed by atoms with Crippen LogP contribution in [0.25, 0.3) is 0 Å². The van der Waals surface area contributed by atoms with Gasteiger partial charge in [0.25, 0.3) is 0 Å². The molecule has 0 unspecified atom stereocenters. The van der Waals surface area contributed by atoms with Crippen molar-refractivity contribution < 1.29 is 17.0 Å². The normalized spacial score (nSPS) is 10.5. The van der Waals surface area contributed by atoms with Gasteiger partial charge in [0.1, 0.15) is 12.4 Å². The fourth-order valence-electron chi connectivity index (χ4n) is 2.97. The van der Waals surface area contributed by atoms with Crippen molar-refractivity contribution in [2.45, 2.75) is 94.7 Å². The molecule has 133 valence electrons. The molecule has 0 bridgehead atoms. The third-order valence-corrected chi connectivity index (χ3v) is 5.91. The van der Waals surface area contributed by atoms with E-state index in [0.29, 0.717) is 15.2 Å². The van der Waals surface area contributed by atoms with E-state index >= 15 is 0 Å². The Hall–Kier alpha value is 0.0325. The number of aryl methyl sites for hydroxylation is 2. The maximum Gasteiger partial charge on any atom is 0.243 e. The van der Waals surface area contributed by atoms with Gasteiger partial charge in [-0.05, 0) is 0 Å². The molecule has 0 fully saturated rings. The van der Waals surface area contributed by atoms with Crippen LogP contribution in [0.3, 0.4) is 0 Å². The van der Waals surface area contributed by atoms with Crippen LogP contribution in [0.2, 0.25) is 10.6 Å². The molecule has 0 atom stereocenters. The lowest BCUT2D eigenvalue weighted by molar-refractivity contribution is -0.671. The number of nitrogens with zero attached hydrogens (tertiary/aromatic N) is 2. The number of hydrogen-bond donors (Lipinski definition) is 0. The van der Waals surface area contributed by atoms with Crippen molar-refractivity contribution in [2.75, 3.05) is 0 Å². The predicted octanol–water partition coefficient (Wildman–Crippen LogP) is 2.17. The van der Waals surface area contributed by atoms with Gasteiger partial charge in [0.05, 0.1) is 13.6 Å². The van der Waals surface area contributed by atoms with Crippen LogP contribution in [-0.4, -0.2) is 19.8 Å². The largest absolute Gasteiger partial charge is 1.00 e. The summed E-state index contributed by atoms with van der Waals surface area (Å²) in [7, 11) is 2.09. The molecule has 0 aliphatic carbocycles. The fraction of sp³-hybridized carbons (Fsp3) is 0.842. The average molecular weight is 356 g/mol.